The minimum atomic E-state index is -1.30. The molecule has 0 atom stereocenters. The number of hydrogen-bond acceptors (Lipinski definition) is 0. The Kier molecular flexibility index (Phi) is 10.9. The number of allylic oxidation sites excluding steroid dienone is 4. The second-order valence-electron chi connectivity index (χ2n) is 12.9. The van der Waals surface area contributed by atoms with Crippen LogP contribution in [0.25, 0.3) is 11.6 Å². The summed E-state index contributed by atoms with van der Waals surface area (Å²) >= 11 is 0. The van der Waals surface area contributed by atoms with Crippen molar-refractivity contribution in [2.75, 3.05) is 0 Å². The van der Waals surface area contributed by atoms with Crippen LogP contribution in [-0.4, -0.2) is 8.41 Å². The second-order valence-corrected chi connectivity index (χ2v) is 15.3. The first-order valence-corrected chi connectivity index (χ1v) is 15.6. The van der Waals surface area contributed by atoms with Gasteiger partial charge >= 0.3 is 26.2 Å². The van der Waals surface area contributed by atoms with Crippen LogP contribution >= 0.6 is 0 Å². The maximum absolute atomic E-state index is 3.93. The Bertz CT molecular complexity index is 1830. The number of hydrogen-bond donors (Lipinski definition) is 0. The number of rotatable bonds is 3. The van der Waals surface area contributed by atoms with Gasteiger partial charge in [-0.1, -0.05) is 166 Å². The Labute approximate surface area is 284 Å². The van der Waals surface area contributed by atoms with Crippen molar-refractivity contribution in [2.24, 2.45) is 0 Å². The van der Waals surface area contributed by atoms with E-state index in [0.29, 0.717) is 0 Å². The van der Waals surface area contributed by atoms with E-state index >= 15 is 0 Å². The number of halogens is 2. The van der Waals surface area contributed by atoms with E-state index in [1.165, 1.54) is 58.7 Å². The molecule has 0 aromatic heterocycles. The summed E-state index contributed by atoms with van der Waals surface area (Å²) in [6.45, 7) is 14.1. The van der Waals surface area contributed by atoms with E-state index in [1.54, 1.807) is 0 Å². The molecule has 0 nitrogen and oxygen atoms in total. The van der Waals surface area contributed by atoms with Crippen molar-refractivity contribution in [3.05, 3.63) is 146 Å². The van der Waals surface area contributed by atoms with Crippen molar-refractivity contribution in [3.8, 4) is 0 Å². The third-order valence-electron chi connectivity index (χ3n) is 8.04. The number of fused-ring (bicyclic) bond motifs is 2. The van der Waals surface area contributed by atoms with Gasteiger partial charge in [0, 0.05) is 0 Å². The minimum Gasteiger partial charge on any atom is -1.00 e. The fraction of sp³-hybridized carbons (Fsp3) is 0.237. The van der Waals surface area contributed by atoms with Crippen molar-refractivity contribution >= 4 is 30.4 Å². The zero-order valence-electron chi connectivity index (χ0n) is 25.3. The first-order valence-electron chi connectivity index (χ1n) is 14.1. The molecule has 0 fully saturated rings. The van der Waals surface area contributed by atoms with Gasteiger partial charge in [-0.15, -0.1) is 33.4 Å². The fourth-order valence-corrected chi connectivity index (χ4v) is 9.19. The van der Waals surface area contributed by atoms with Gasteiger partial charge in [-0.2, -0.15) is 0 Å². The van der Waals surface area contributed by atoms with Crippen LogP contribution in [-0.2, 0) is 37.0 Å². The summed E-state index contributed by atoms with van der Waals surface area (Å²) in [5.41, 5.74) is 7.02. The van der Waals surface area contributed by atoms with Gasteiger partial charge in [-0.25, -0.2) is 0 Å². The molecule has 4 aromatic carbocycles. The molecule has 0 amide bonds. The molecule has 4 aromatic rings. The van der Waals surface area contributed by atoms with Gasteiger partial charge in [0.05, 0.1) is 8.41 Å². The smallest absolute Gasteiger partial charge is 1.00 e. The third kappa shape index (κ3) is 6.39. The molecule has 0 unspecified atom stereocenters. The van der Waals surface area contributed by atoms with Crippen LogP contribution in [0.3, 0.4) is 0 Å². The Morgan fingerprint density at radius 2 is 1.29 bits per heavy atom. The van der Waals surface area contributed by atoms with Gasteiger partial charge in [0.15, 0.2) is 0 Å². The SMILES string of the molecule is CC(C)(C)c1ccc2c(c1)=c1cc(C(C)(C)C)c(=[Si](c3ccccc3)c3ccccc3)c(C3=CC=CC3)c1[C-]=2.[Cl-].[Cl-].[Zr+3]. The van der Waals surface area contributed by atoms with Crippen LogP contribution in [0.5, 0.6) is 0 Å². The molecule has 4 heteroatoms. The third-order valence-corrected chi connectivity index (χ3v) is 10.9. The molecule has 0 spiro atoms. The Hall–Kier alpha value is -2.09. The molecule has 0 aliphatic heterocycles. The second kappa shape index (κ2) is 13.3. The van der Waals surface area contributed by atoms with E-state index in [4.69, 9.17) is 0 Å². The summed E-state index contributed by atoms with van der Waals surface area (Å²) in [7, 11) is -1.30. The largest absolute Gasteiger partial charge is 3.00 e. The number of benzene rings is 4. The molecule has 0 saturated heterocycles. The summed E-state index contributed by atoms with van der Waals surface area (Å²) in [5, 5.41) is 6.75. The summed E-state index contributed by atoms with van der Waals surface area (Å²) < 4.78 is 0. The first kappa shape index (κ1) is 34.4. The van der Waals surface area contributed by atoms with Gasteiger partial charge in [0.25, 0.3) is 0 Å². The van der Waals surface area contributed by atoms with E-state index in [2.05, 4.69) is 151 Å². The van der Waals surface area contributed by atoms with Crippen molar-refractivity contribution in [3.63, 3.8) is 0 Å². The zero-order valence-corrected chi connectivity index (χ0v) is 30.2. The molecule has 2 aliphatic rings. The Morgan fingerprint density at radius 1 is 0.690 bits per heavy atom. The van der Waals surface area contributed by atoms with Crippen LogP contribution in [0.1, 0.15) is 70.2 Å². The first-order chi connectivity index (χ1) is 18.6. The fourth-order valence-electron chi connectivity index (χ4n) is 5.97. The molecule has 2 aliphatic carbocycles. The molecule has 6 rings (SSSR count). The van der Waals surface area contributed by atoms with Crippen molar-refractivity contribution in [1.29, 1.82) is 0 Å². The predicted molar refractivity (Wildman–Crippen MR) is 169 cm³/mol. The van der Waals surface area contributed by atoms with Gasteiger partial charge in [-0.05, 0) is 27.6 Å². The summed E-state index contributed by atoms with van der Waals surface area (Å²) in [4.78, 5) is 1.52. The van der Waals surface area contributed by atoms with Gasteiger partial charge in [-0.3, -0.25) is 0 Å². The minimum absolute atomic E-state index is 0. The molecule has 0 bridgehead atoms. The van der Waals surface area contributed by atoms with Crippen LogP contribution in [0.4, 0.5) is 0 Å². The molecule has 0 heterocycles. The quantitative estimate of drug-likeness (QED) is 0.198. The standard InChI is InChI=1S/C38H37Si.2ClH.Zr/c1-37(2,3)28-22-21-27-23-33-32(31(27)24-28)25-34(38(4,5)6)36(35(33)26-15-13-14-16-26)39(29-17-9-7-10-18-29)30-19-11-8-12-20-30;;;/h7-15,17-22,24-25H,16H2,1-6H3;2*1H;/q-1;;;+3/p-2. The van der Waals surface area contributed by atoms with E-state index in [-0.39, 0.29) is 61.8 Å². The Balaban J connectivity index is 0.00000161. The summed E-state index contributed by atoms with van der Waals surface area (Å²) in [5.74, 6) is 0. The monoisotopic (exact) mass is 681 g/mol. The van der Waals surface area contributed by atoms with Crippen molar-refractivity contribution in [1.82, 2.24) is 0 Å². The van der Waals surface area contributed by atoms with E-state index in [0.717, 1.165) is 6.42 Å². The molecule has 0 N–H and O–H groups in total. The molecule has 0 saturated carbocycles. The molecular weight excluding hydrogens is 647 g/mol. The predicted octanol–water partition coefficient (Wildman–Crippen LogP) is 1.08. The van der Waals surface area contributed by atoms with Gasteiger partial charge < -0.3 is 24.8 Å². The van der Waals surface area contributed by atoms with E-state index in [9.17, 15) is 0 Å². The topological polar surface area (TPSA) is 0 Å². The van der Waals surface area contributed by atoms with Crippen LogP contribution < -0.4 is 40.4 Å². The van der Waals surface area contributed by atoms with Crippen LogP contribution in [0, 0.1) is 15.3 Å². The van der Waals surface area contributed by atoms with Crippen LogP contribution in [0.2, 0.25) is 0 Å². The summed E-state index contributed by atoms with van der Waals surface area (Å²) in [6, 6.07) is 32.0. The molecule has 1 radical (unpaired) electrons. The average molecular weight is 684 g/mol. The molecule has 42 heavy (non-hydrogen) atoms. The van der Waals surface area contributed by atoms with Gasteiger partial charge in [0.1, 0.15) is 0 Å². The summed E-state index contributed by atoms with van der Waals surface area (Å²) in [6.07, 6.45) is 11.8. The average Bonchev–Trinajstić information content (AvgIpc) is 3.56. The normalized spacial score (nSPS) is 13.0. The van der Waals surface area contributed by atoms with E-state index < -0.39 is 8.41 Å². The Morgan fingerprint density at radius 3 is 1.79 bits per heavy atom. The zero-order chi connectivity index (χ0) is 27.4. The maximum Gasteiger partial charge on any atom is 3.00 e. The molecule has 211 valence electrons. The van der Waals surface area contributed by atoms with Crippen molar-refractivity contribution < 1.29 is 51.0 Å². The van der Waals surface area contributed by atoms with E-state index in [1.807, 2.05) is 0 Å². The molecular formula is C38H37Cl2SiZr. The van der Waals surface area contributed by atoms with Crippen LogP contribution in [0.15, 0.2) is 103 Å². The van der Waals surface area contributed by atoms with Gasteiger partial charge in [0.2, 0.25) is 0 Å². The van der Waals surface area contributed by atoms with Crippen molar-refractivity contribution in [2.45, 2.75) is 58.8 Å². The maximum atomic E-state index is 3.93.